The van der Waals surface area contributed by atoms with Crippen LogP contribution >= 0.6 is 0 Å². The van der Waals surface area contributed by atoms with E-state index in [1.165, 1.54) is 13.0 Å². The average Bonchev–Trinajstić information content (AvgIpc) is 1.62. The predicted octanol–water partition coefficient (Wildman–Crippen LogP) is -1.00. The van der Waals surface area contributed by atoms with Gasteiger partial charge in [0, 0.05) is 5.92 Å². The summed E-state index contributed by atoms with van der Waals surface area (Å²) in [4.78, 5) is 0. The van der Waals surface area contributed by atoms with Crippen LogP contribution in [-0.2, 0) is 0 Å². The Balaban J connectivity index is 0. The third-order valence-electron chi connectivity index (χ3n) is 0.841. The summed E-state index contributed by atoms with van der Waals surface area (Å²) in [5.41, 5.74) is 0. The molecule has 1 nitrogen and oxygen atoms in total. The third kappa shape index (κ3) is 8.98. The minimum absolute atomic E-state index is 0. The fourth-order valence-electron chi connectivity index (χ4n) is 0.454. The molecule has 0 saturated heterocycles. The van der Waals surface area contributed by atoms with Crippen LogP contribution in [0, 0.1) is 17.2 Å². The zero-order chi connectivity index (χ0) is 7.49. The van der Waals surface area contributed by atoms with Gasteiger partial charge in [0.1, 0.15) is 0 Å². The summed E-state index contributed by atoms with van der Waals surface area (Å²) < 4.78 is 34.2. The second-order valence-corrected chi connectivity index (χ2v) is 1.98. The molecule has 1 unspecified atom stereocenters. The average molecular weight is 175 g/mol. The molecular formula is C4H6BF3KN. The van der Waals surface area contributed by atoms with Gasteiger partial charge in [-0.25, -0.2) is 0 Å². The molecular weight excluding hydrogens is 169 g/mol. The van der Waals surface area contributed by atoms with Gasteiger partial charge in [0.05, 0.1) is 6.07 Å². The van der Waals surface area contributed by atoms with Crippen LogP contribution in [0.4, 0.5) is 12.9 Å². The van der Waals surface area contributed by atoms with Crippen molar-refractivity contribution in [3.05, 3.63) is 0 Å². The molecule has 1 atom stereocenters. The van der Waals surface area contributed by atoms with E-state index in [1.807, 2.05) is 0 Å². The Labute approximate surface area is 100 Å². The number of hydrogen-bond donors (Lipinski definition) is 0. The first-order valence-electron chi connectivity index (χ1n) is 2.56. The molecule has 6 heteroatoms. The summed E-state index contributed by atoms with van der Waals surface area (Å²) >= 11 is 0. The van der Waals surface area contributed by atoms with Crippen molar-refractivity contribution >= 4 is 6.98 Å². The van der Waals surface area contributed by atoms with Crippen LogP contribution in [0.2, 0.25) is 6.32 Å². The van der Waals surface area contributed by atoms with Crippen molar-refractivity contribution in [3.8, 4) is 6.07 Å². The van der Waals surface area contributed by atoms with Crippen LogP contribution in [0.15, 0.2) is 0 Å². The second kappa shape index (κ2) is 5.61. The molecule has 0 aliphatic carbocycles. The first kappa shape index (κ1) is 13.6. The van der Waals surface area contributed by atoms with Gasteiger partial charge in [-0.2, -0.15) is 5.26 Å². The minimum Gasteiger partial charge on any atom is -0.449 e. The Morgan fingerprint density at radius 1 is 1.50 bits per heavy atom. The maximum absolute atomic E-state index is 11.4. The van der Waals surface area contributed by atoms with Crippen molar-refractivity contribution in [2.45, 2.75) is 13.2 Å². The fourth-order valence-corrected chi connectivity index (χ4v) is 0.454. The number of hydrogen-bond acceptors (Lipinski definition) is 1. The molecule has 0 radical (unpaired) electrons. The smallest absolute Gasteiger partial charge is 0.449 e. The Kier molecular flexibility index (Phi) is 7.61. The van der Waals surface area contributed by atoms with Crippen LogP contribution in [-0.4, -0.2) is 6.98 Å². The quantitative estimate of drug-likeness (QED) is 0.493. The van der Waals surface area contributed by atoms with Gasteiger partial charge in [0.2, 0.25) is 0 Å². The van der Waals surface area contributed by atoms with Crippen LogP contribution in [0.3, 0.4) is 0 Å². The Morgan fingerprint density at radius 3 is 2.00 bits per heavy atom. The zero-order valence-electron chi connectivity index (χ0n) is 5.94. The summed E-state index contributed by atoms with van der Waals surface area (Å²) in [6.07, 6.45) is -0.948. The summed E-state index contributed by atoms with van der Waals surface area (Å²) in [5, 5.41) is 7.96. The fraction of sp³-hybridized carbons (Fsp3) is 0.750. The standard InChI is InChI=1S/C4H6BF3N.K/c1-4(3-9)2-5(6,7)8;/h4H,2H2,1H3;/q-1;+1. The molecule has 0 rings (SSSR count). The van der Waals surface area contributed by atoms with Crippen LogP contribution in [0.25, 0.3) is 0 Å². The number of rotatable bonds is 2. The van der Waals surface area contributed by atoms with Crippen molar-refractivity contribution in [3.63, 3.8) is 0 Å². The van der Waals surface area contributed by atoms with Gasteiger partial charge in [-0.3, -0.25) is 0 Å². The zero-order valence-corrected chi connectivity index (χ0v) is 9.07. The largest absolute Gasteiger partial charge is 1.00 e. The van der Waals surface area contributed by atoms with E-state index in [1.54, 1.807) is 0 Å². The van der Waals surface area contributed by atoms with E-state index >= 15 is 0 Å². The number of halogens is 3. The molecule has 0 aliphatic rings. The molecule has 0 bridgehead atoms. The van der Waals surface area contributed by atoms with E-state index in [4.69, 9.17) is 5.26 Å². The summed E-state index contributed by atoms with van der Waals surface area (Å²) in [7, 11) is 0. The van der Waals surface area contributed by atoms with Gasteiger partial charge in [0.15, 0.2) is 0 Å². The summed E-state index contributed by atoms with van der Waals surface area (Å²) in [5.74, 6) is -0.898. The molecule has 10 heavy (non-hydrogen) atoms. The molecule has 0 amide bonds. The first-order valence-corrected chi connectivity index (χ1v) is 2.56. The SMILES string of the molecule is CC(C#N)C[B-](F)(F)F.[K+]. The molecule has 0 fully saturated rings. The van der Waals surface area contributed by atoms with E-state index in [-0.39, 0.29) is 51.4 Å². The Morgan fingerprint density at radius 2 is 1.90 bits per heavy atom. The van der Waals surface area contributed by atoms with E-state index < -0.39 is 19.2 Å². The third-order valence-corrected chi connectivity index (χ3v) is 0.841. The molecule has 0 aromatic rings. The molecule has 0 saturated carbocycles. The normalized spacial score (nSPS) is 13.1. The molecule has 0 heterocycles. The summed E-state index contributed by atoms with van der Waals surface area (Å²) in [6.45, 7) is -3.51. The number of nitrogens with zero attached hydrogens (tertiary/aromatic N) is 1. The molecule has 0 aromatic heterocycles. The van der Waals surface area contributed by atoms with Crippen molar-refractivity contribution < 1.29 is 64.3 Å². The van der Waals surface area contributed by atoms with Gasteiger partial charge >= 0.3 is 58.4 Å². The number of nitriles is 1. The van der Waals surface area contributed by atoms with E-state index in [9.17, 15) is 12.9 Å². The van der Waals surface area contributed by atoms with Gasteiger partial charge in [-0.15, -0.1) is 0 Å². The maximum atomic E-state index is 11.4. The minimum atomic E-state index is -4.77. The molecule has 0 spiro atoms. The van der Waals surface area contributed by atoms with Gasteiger partial charge in [0.25, 0.3) is 0 Å². The maximum Gasteiger partial charge on any atom is 1.00 e. The first-order chi connectivity index (χ1) is 3.95. The van der Waals surface area contributed by atoms with Crippen molar-refractivity contribution in [2.75, 3.05) is 0 Å². The topological polar surface area (TPSA) is 23.8 Å². The van der Waals surface area contributed by atoms with Crippen LogP contribution in [0.5, 0.6) is 0 Å². The predicted molar refractivity (Wildman–Crippen MR) is 28.7 cm³/mol. The van der Waals surface area contributed by atoms with Crippen LogP contribution in [0.1, 0.15) is 6.92 Å². The van der Waals surface area contributed by atoms with E-state index in [0.717, 1.165) is 0 Å². The molecule has 0 N–H and O–H groups in total. The van der Waals surface area contributed by atoms with E-state index in [2.05, 4.69) is 0 Å². The van der Waals surface area contributed by atoms with Gasteiger partial charge in [-0.05, 0) is 0 Å². The summed E-state index contributed by atoms with van der Waals surface area (Å²) in [6, 6.07) is 1.52. The molecule has 52 valence electrons. The second-order valence-electron chi connectivity index (χ2n) is 1.98. The molecule has 0 aromatic carbocycles. The van der Waals surface area contributed by atoms with Gasteiger partial charge in [-0.1, -0.05) is 13.2 Å². The van der Waals surface area contributed by atoms with Crippen molar-refractivity contribution in [1.82, 2.24) is 0 Å². The Bertz CT molecular complexity index is 129. The van der Waals surface area contributed by atoms with E-state index in [0.29, 0.717) is 0 Å². The van der Waals surface area contributed by atoms with Crippen LogP contribution < -0.4 is 51.4 Å². The van der Waals surface area contributed by atoms with Crippen molar-refractivity contribution in [2.24, 2.45) is 5.92 Å². The molecule has 0 aliphatic heterocycles. The van der Waals surface area contributed by atoms with Gasteiger partial charge < -0.3 is 12.9 Å². The monoisotopic (exact) mass is 175 g/mol. The Hall–Kier alpha value is 0.981. The van der Waals surface area contributed by atoms with Crippen molar-refractivity contribution in [1.29, 1.82) is 5.26 Å².